The van der Waals surface area contributed by atoms with E-state index in [0.29, 0.717) is 25.7 Å². The number of carbonyl (C=O) groups is 1. The quantitative estimate of drug-likeness (QED) is 0.492. The molecule has 0 aliphatic carbocycles. The third kappa shape index (κ3) is 8.07. The van der Waals surface area contributed by atoms with Crippen LogP contribution in [0.5, 0.6) is 5.75 Å². The Labute approximate surface area is 152 Å². The molecule has 0 fully saturated rings. The molecule has 0 radical (unpaired) electrons. The highest BCUT2D eigenvalue weighted by Crippen LogP contribution is 2.13. The highest BCUT2D eigenvalue weighted by molar-refractivity contribution is 5.74. The lowest BCUT2D eigenvalue weighted by Gasteiger charge is -2.23. The van der Waals surface area contributed by atoms with Gasteiger partial charge in [-0.3, -0.25) is 0 Å². The molecule has 5 heteroatoms. The lowest BCUT2D eigenvalue weighted by atomic mass is 10.2. The molecule has 0 aliphatic rings. The van der Waals surface area contributed by atoms with Crippen LogP contribution in [0.25, 0.3) is 0 Å². The van der Waals surface area contributed by atoms with Crippen molar-refractivity contribution in [1.29, 1.82) is 0 Å². The number of unbranched alkanes of at least 4 members (excludes halogenated alkanes) is 1. The van der Waals surface area contributed by atoms with Gasteiger partial charge in [0.05, 0.1) is 7.11 Å². The number of amides is 2. The molecule has 25 heavy (non-hydrogen) atoms. The zero-order valence-corrected chi connectivity index (χ0v) is 16.1. The first kappa shape index (κ1) is 21.0. The predicted molar refractivity (Wildman–Crippen MR) is 104 cm³/mol. The molecule has 1 N–H and O–H groups in total. The first-order valence-electron chi connectivity index (χ1n) is 8.94. The molecule has 0 unspecified atom stereocenters. The van der Waals surface area contributed by atoms with E-state index in [1.165, 1.54) is 0 Å². The molecule has 2 amide bonds. The second kappa shape index (κ2) is 11.5. The Morgan fingerprint density at radius 2 is 1.96 bits per heavy atom. The molecule has 0 saturated carbocycles. The van der Waals surface area contributed by atoms with Crippen molar-refractivity contribution in [3.63, 3.8) is 0 Å². The van der Waals surface area contributed by atoms with Crippen LogP contribution in [0.15, 0.2) is 36.9 Å². The molecule has 0 bridgehead atoms. The molecule has 1 rings (SSSR count). The number of nitrogens with zero attached hydrogens (tertiary/aromatic N) is 2. The van der Waals surface area contributed by atoms with Gasteiger partial charge < -0.3 is 19.9 Å². The van der Waals surface area contributed by atoms with E-state index in [1.807, 2.05) is 24.3 Å². The number of hydrogen-bond acceptors (Lipinski definition) is 3. The van der Waals surface area contributed by atoms with Crippen LogP contribution < -0.4 is 10.1 Å². The lowest BCUT2D eigenvalue weighted by Crippen LogP contribution is -2.40. The van der Waals surface area contributed by atoms with E-state index in [0.717, 1.165) is 30.7 Å². The molecular formula is C20H33N3O2. The van der Waals surface area contributed by atoms with Gasteiger partial charge in [-0.15, -0.1) is 6.58 Å². The molecule has 0 aromatic heterocycles. The van der Waals surface area contributed by atoms with Crippen LogP contribution in [0, 0.1) is 0 Å². The van der Waals surface area contributed by atoms with Gasteiger partial charge in [-0.25, -0.2) is 4.79 Å². The minimum atomic E-state index is -0.0482. The Bertz CT molecular complexity index is 514. The number of urea groups is 1. The second-order valence-electron chi connectivity index (χ2n) is 6.53. The van der Waals surface area contributed by atoms with Gasteiger partial charge in [0.15, 0.2) is 0 Å². The van der Waals surface area contributed by atoms with Crippen LogP contribution in [0.1, 0.15) is 32.3 Å². The maximum Gasteiger partial charge on any atom is 0.317 e. The minimum Gasteiger partial charge on any atom is -0.497 e. The van der Waals surface area contributed by atoms with Gasteiger partial charge >= 0.3 is 6.03 Å². The Morgan fingerprint density at radius 1 is 1.28 bits per heavy atom. The summed E-state index contributed by atoms with van der Waals surface area (Å²) in [6.07, 6.45) is 3.81. The Balaban J connectivity index is 2.40. The molecule has 0 saturated heterocycles. The molecule has 1 aromatic rings. The minimum absolute atomic E-state index is 0.0482. The largest absolute Gasteiger partial charge is 0.497 e. The maximum atomic E-state index is 12.4. The Morgan fingerprint density at radius 3 is 2.52 bits per heavy atom. The summed E-state index contributed by atoms with van der Waals surface area (Å²) >= 11 is 0. The molecule has 5 nitrogen and oxygen atoms in total. The van der Waals surface area contributed by atoms with Crippen LogP contribution in [-0.4, -0.2) is 55.7 Å². The Hall–Kier alpha value is -2.01. The smallest absolute Gasteiger partial charge is 0.317 e. The van der Waals surface area contributed by atoms with Gasteiger partial charge in [-0.05, 0) is 58.0 Å². The summed E-state index contributed by atoms with van der Waals surface area (Å²) in [6, 6.07) is 8.28. The number of hydrogen-bond donors (Lipinski definition) is 1. The summed E-state index contributed by atoms with van der Waals surface area (Å²) in [7, 11) is 3.77. The maximum absolute atomic E-state index is 12.4. The lowest BCUT2D eigenvalue weighted by molar-refractivity contribution is 0.200. The van der Waals surface area contributed by atoms with Crippen LogP contribution in [0.4, 0.5) is 4.79 Å². The fraction of sp³-hybridized carbons (Fsp3) is 0.550. The van der Waals surface area contributed by atoms with Gasteiger partial charge in [0.25, 0.3) is 0 Å². The van der Waals surface area contributed by atoms with Crippen LogP contribution >= 0.6 is 0 Å². The Kier molecular flexibility index (Phi) is 9.70. The first-order valence-corrected chi connectivity index (χ1v) is 8.94. The molecular weight excluding hydrogens is 314 g/mol. The van der Waals surface area contributed by atoms with E-state index in [9.17, 15) is 4.79 Å². The van der Waals surface area contributed by atoms with Gasteiger partial charge in [0.2, 0.25) is 0 Å². The van der Waals surface area contributed by atoms with Gasteiger partial charge in [-0.1, -0.05) is 18.2 Å². The summed E-state index contributed by atoms with van der Waals surface area (Å²) in [4.78, 5) is 16.5. The number of methoxy groups -OCH3 is 1. The van der Waals surface area contributed by atoms with E-state index in [2.05, 4.69) is 37.7 Å². The number of ether oxygens (including phenoxy) is 1. The third-order valence-corrected chi connectivity index (χ3v) is 4.26. The van der Waals surface area contributed by atoms with Crippen LogP contribution in [0.2, 0.25) is 0 Å². The van der Waals surface area contributed by atoms with Crippen molar-refractivity contribution in [1.82, 2.24) is 15.1 Å². The summed E-state index contributed by atoms with van der Waals surface area (Å²) in [5, 5.41) is 3.01. The fourth-order valence-corrected chi connectivity index (χ4v) is 2.38. The highest BCUT2D eigenvalue weighted by Gasteiger charge is 2.12. The molecule has 1 aromatic carbocycles. The average molecular weight is 348 g/mol. The van der Waals surface area contributed by atoms with Crippen molar-refractivity contribution in [3.05, 3.63) is 42.5 Å². The second-order valence-corrected chi connectivity index (χ2v) is 6.53. The van der Waals surface area contributed by atoms with Crippen molar-refractivity contribution in [2.75, 3.05) is 33.8 Å². The zero-order valence-electron chi connectivity index (χ0n) is 16.1. The number of nitrogens with one attached hydrogen (secondary N) is 1. The highest BCUT2D eigenvalue weighted by atomic mass is 16.5. The summed E-state index contributed by atoms with van der Waals surface area (Å²) in [5.41, 5.74) is 1.07. The van der Waals surface area contributed by atoms with Crippen molar-refractivity contribution in [3.8, 4) is 5.75 Å². The molecule has 0 spiro atoms. The summed E-state index contributed by atoms with van der Waals surface area (Å²) < 4.78 is 5.16. The predicted octanol–water partition coefficient (Wildman–Crippen LogP) is 3.51. The molecule has 0 atom stereocenters. The van der Waals surface area contributed by atoms with Gasteiger partial charge in [-0.2, -0.15) is 0 Å². The zero-order chi connectivity index (χ0) is 18.7. The molecule has 140 valence electrons. The van der Waals surface area contributed by atoms with Gasteiger partial charge in [0, 0.05) is 25.7 Å². The third-order valence-electron chi connectivity index (χ3n) is 4.26. The number of benzene rings is 1. The normalized spacial score (nSPS) is 10.8. The molecule has 0 heterocycles. The van der Waals surface area contributed by atoms with Crippen molar-refractivity contribution in [2.24, 2.45) is 0 Å². The van der Waals surface area contributed by atoms with Crippen LogP contribution in [-0.2, 0) is 6.54 Å². The summed E-state index contributed by atoms with van der Waals surface area (Å²) in [6.45, 7) is 10.9. The van der Waals surface area contributed by atoms with E-state index >= 15 is 0 Å². The average Bonchev–Trinajstić information content (AvgIpc) is 2.61. The van der Waals surface area contributed by atoms with E-state index < -0.39 is 0 Å². The SMILES string of the molecule is C=CCN(Cc1ccc(OC)cc1)C(=O)NCCCCN(C)C(C)C. The summed E-state index contributed by atoms with van der Waals surface area (Å²) in [5.74, 6) is 0.815. The van der Waals surface area contributed by atoms with E-state index in [-0.39, 0.29) is 6.03 Å². The van der Waals surface area contributed by atoms with E-state index in [1.54, 1.807) is 18.1 Å². The van der Waals surface area contributed by atoms with Crippen LogP contribution in [0.3, 0.4) is 0 Å². The van der Waals surface area contributed by atoms with Crippen molar-refractivity contribution >= 4 is 6.03 Å². The monoisotopic (exact) mass is 347 g/mol. The van der Waals surface area contributed by atoms with Gasteiger partial charge in [0.1, 0.15) is 5.75 Å². The topological polar surface area (TPSA) is 44.8 Å². The molecule has 0 aliphatic heterocycles. The van der Waals surface area contributed by atoms with E-state index in [4.69, 9.17) is 4.74 Å². The van der Waals surface area contributed by atoms with Crippen molar-refractivity contribution in [2.45, 2.75) is 39.3 Å². The number of carbonyl (C=O) groups excluding carboxylic acids is 1. The standard InChI is InChI=1S/C20H33N3O2/c1-6-14-23(16-18-9-11-19(25-5)12-10-18)20(24)21-13-7-8-15-22(4)17(2)3/h6,9-12,17H,1,7-8,13-16H2,2-5H3,(H,21,24). The fourth-order valence-electron chi connectivity index (χ4n) is 2.38. The first-order chi connectivity index (χ1) is 12.0. The number of rotatable bonds is 11. The van der Waals surface area contributed by atoms with Crippen molar-refractivity contribution < 1.29 is 9.53 Å².